The van der Waals surface area contributed by atoms with Crippen molar-refractivity contribution in [2.75, 3.05) is 18.5 Å². The van der Waals surface area contributed by atoms with Crippen LogP contribution in [0.2, 0.25) is 0 Å². The number of aromatic nitrogens is 3. The number of rotatable bonds is 3. The van der Waals surface area contributed by atoms with E-state index < -0.39 is 17.5 Å². The first-order chi connectivity index (χ1) is 13.4. The highest BCUT2D eigenvalue weighted by Crippen LogP contribution is 2.38. The molecule has 0 radical (unpaired) electrons. The van der Waals surface area contributed by atoms with E-state index in [-0.39, 0.29) is 17.3 Å². The summed E-state index contributed by atoms with van der Waals surface area (Å²) < 4.78 is 44.1. The molecule has 0 amide bonds. The molecule has 1 unspecified atom stereocenters. The van der Waals surface area contributed by atoms with Crippen LogP contribution in [0.4, 0.5) is 19.0 Å². The highest BCUT2D eigenvalue weighted by molar-refractivity contribution is 6.00. The number of halogens is 3. The minimum absolute atomic E-state index is 0.0942. The van der Waals surface area contributed by atoms with Crippen LogP contribution in [0.1, 0.15) is 18.4 Å². The number of pyridine rings is 1. The lowest BCUT2D eigenvalue weighted by Crippen LogP contribution is -2.30. The smallest absolute Gasteiger partial charge is 0.416 e. The van der Waals surface area contributed by atoms with Gasteiger partial charge in [0.2, 0.25) is 0 Å². The monoisotopic (exact) mass is 390 g/mol. The Kier molecular flexibility index (Phi) is 4.76. The first-order valence-corrected chi connectivity index (χ1v) is 8.79. The molecule has 1 atom stereocenters. The van der Waals surface area contributed by atoms with Gasteiger partial charge in [-0.15, -0.1) is 10.2 Å². The molecule has 28 heavy (non-hydrogen) atoms. The zero-order valence-electron chi connectivity index (χ0n) is 14.7. The summed E-state index contributed by atoms with van der Waals surface area (Å²) in [6, 6.07) is 4.59. The van der Waals surface area contributed by atoms with Gasteiger partial charge in [-0.1, -0.05) is 0 Å². The van der Waals surface area contributed by atoms with E-state index in [9.17, 15) is 18.3 Å². The van der Waals surface area contributed by atoms with E-state index in [0.717, 1.165) is 25.5 Å². The number of nitrogens with one attached hydrogen (secondary N) is 1. The Morgan fingerprint density at radius 2 is 2.00 bits per heavy atom. The van der Waals surface area contributed by atoms with Gasteiger partial charge in [-0.3, -0.25) is 4.98 Å². The van der Waals surface area contributed by atoms with Gasteiger partial charge in [0, 0.05) is 35.3 Å². The maximum atomic E-state index is 12.9. The number of phenolic OH excluding ortho intramolecular Hbond substituents is 1. The third-order valence-corrected chi connectivity index (χ3v) is 4.66. The van der Waals surface area contributed by atoms with Gasteiger partial charge in [0.15, 0.2) is 5.82 Å². The number of fused-ring (bicyclic) bond motifs is 1. The van der Waals surface area contributed by atoms with Crippen molar-refractivity contribution in [3.05, 3.63) is 42.2 Å². The Morgan fingerprint density at radius 1 is 1.14 bits per heavy atom. The molecule has 9 heteroatoms. The van der Waals surface area contributed by atoms with Crippen molar-refractivity contribution in [1.82, 2.24) is 15.2 Å². The first-order valence-electron chi connectivity index (χ1n) is 8.79. The van der Waals surface area contributed by atoms with Crippen molar-refractivity contribution < 1.29 is 23.0 Å². The molecule has 1 aliphatic rings. The Balaban J connectivity index is 1.76. The second-order valence-corrected chi connectivity index (χ2v) is 6.61. The molecule has 1 aromatic carbocycles. The summed E-state index contributed by atoms with van der Waals surface area (Å²) in [6.45, 7) is 1.29. The van der Waals surface area contributed by atoms with Crippen LogP contribution in [-0.2, 0) is 10.9 Å². The zero-order chi connectivity index (χ0) is 19.7. The largest absolute Gasteiger partial charge is 0.507 e. The van der Waals surface area contributed by atoms with Gasteiger partial charge in [-0.25, -0.2) is 0 Å². The molecule has 4 rings (SSSR count). The molecule has 2 N–H and O–H groups in total. The SMILES string of the molecule is Oc1cc(C(F)(F)F)ccc1-c1nnc(NC2CCCOC2)c2cnccc12. The molecule has 0 spiro atoms. The zero-order valence-corrected chi connectivity index (χ0v) is 14.7. The van der Waals surface area contributed by atoms with Crippen LogP contribution in [0.3, 0.4) is 0 Å². The fourth-order valence-electron chi connectivity index (χ4n) is 3.26. The normalized spacial score (nSPS) is 17.6. The number of nitrogens with zero attached hydrogens (tertiary/aromatic N) is 3. The highest BCUT2D eigenvalue weighted by Gasteiger charge is 2.31. The molecule has 0 saturated carbocycles. The first kappa shape index (κ1) is 18.4. The lowest BCUT2D eigenvalue weighted by molar-refractivity contribution is -0.137. The quantitative estimate of drug-likeness (QED) is 0.704. The van der Waals surface area contributed by atoms with Gasteiger partial charge in [0.25, 0.3) is 0 Å². The number of benzene rings is 1. The summed E-state index contributed by atoms with van der Waals surface area (Å²) in [5, 5.41) is 23.1. The molecule has 6 nitrogen and oxygen atoms in total. The van der Waals surface area contributed by atoms with Gasteiger partial charge in [-0.2, -0.15) is 13.2 Å². The number of anilines is 1. The van der Waals surface area contributed by atoms with Crippen molar-refractivity contribution in [3.63, 3.8) is 0 Å². The van der Waals surface area contributed by atoms with E-state index in [4.69, 9.17) is 4.74 Å². The van der Waals surface area contributed by atoms with Crippen LogP contribution >= 0.6 is 0 Å². The summed E-state index contributed by atoms with van der Waals surface area (Å²) >= 11 is 0. The predicted octanol–water partition coefficient (Wildman–Crippen LogP) is 4.01. The van der Waals surface area contributed by atoms with Crippen LogP contribution in [-0.4, -0.2) is 39.5 Å². The number of ether oxygens (including phenoxy) is 1. The molecular weight excluding hydrogens is 373 g/mol. The molecule has 1 fully saturated rings. The van der Waals surface area contributed by atoms with E-state index in [2.05, 4.69) is 20.5 Å². The van der Waals surface area contributed by atoms with E-state index in [1.807, 2.05) is 0 Å². The maximum absolute atomic E-state index is 12.9. The van der Waals surface area contributed by atoms with Gasteiger partial charge in [0.05, 0.1) is 18.2 Å². The molecule has 0 aliphatic carbocycles. The summed E-state index contributed by atoms with van der Waals surface area (Å²) in [5.41, 5.74) is -0.471. The molecule has 0 bridgehead atoms. The van der Waals surface area contributed by atoms with E-state index in [1.54, 1.807) is 18.5 Å². The van der Waals surface area contributed by atoms with Crippen LogP contribution in [0.15, 0.2) is 36.7 Å². The summed E-state index contributed by atoms with van der Waals surface area (Å²) in [5.74, 6) is 0.0115. The van der Waals surface area contributed by atoms with Gasteiger partial charge in [-0.05, 0) is 37.1 Å². The Bertz CT molecular complexity index is 1000. The topological polar surface area (TPSA) is 80.2 Å². The van der Waals surface area contributed by atoms with Crippen molar-refractivity contribution in [3.8, 4) is 17.0 Å². The molecule has 1 saturated heterocycles. The lowest BCUT2D eigenvalue weighted by atomic mass is 10.0. The highest BCUT2D eigenvalue weighted by atomic mass is 19.4. The van der Waals surface area contributed by atoms with Crippen molar-refractivity contribution >= 4 is 16.6 Å². The number of hydrogen-bond donors (Lipinski definition) is 2. The number of hydrogen-bond acceptors (Lipinski definition) is 6. The van der Waals surface area contributed by atoms with Gasteiger partial charge >= 0.3 is 6.18 Å². The molecule has 2 aromatic heterocycles. The van der Waals surface area contributed by atoms with E-state index in [1.165, 1.54) is 6.07 Å². The average molecular weight is 390 g/mol. The fraction of sp³-hybridized carbons (Fsp3) is 0.316. The van der Waals surface area contributed by atoms with Crippen molar-refractivity contribution in [1.29, 1.82) is 0 Å². The van der Waals surface area contributed by atoms with E-state index in [0.29, 0.717) is 29.3 Å². The van der Waals surface area contributed by atoms with Gasteiger partial charge < -0.3 is 15.2 Å². The molecule has 1 aliphatic heterocycles. The van der Waals surface area contributed by atoms with Crippen molar-refractivity contribution in [2.45, 2.75) is 25.1 Å². The average Bonchev–Trinajstić information content (AvgIpc) is 2.69. The number of phenols is 1. The van der Waals surface area contributed by atoms with Crippen LogP contribution in [0.25, 0.3) is 22.0 Å². The Labute approximate surface area is 158 Å². The predicted molar refractivity (Wildman–Crippen MR) is 96.9 cm³/mol. The Hall–Kier alpha value is -2.94. The second kappa shape index (κ2) is 7.23. The van der Waals surface area contributed by atoms with Crippen LogP contribution < -0.4 is 5.32 Å². The summed E-state index contributed by atoms with van der Waals surface area (Å²) in [4.78, 5) is 4.12. The van der Waals surface area contributed by atoms with E-state index >= 15 is 0 Å². The van der Waals surface area contributed by atoms with Crippen LogP contribution in [0.5, 0.6) is 5.75 Å². The third kappa shape index (κ3) is 3.57. The lowest BCUT2D eigenvalue weighted by Gasteiger charge is -2.24. The molecule has 3 heterocycles. The van der Waals surface area contributed by atoms with Gasteiger partial charge in [0.1, 0.15) is 11.4 Å². The number of alkyl halides is 3. The molecular formula is C19H17F3N4O2. The standard InChI is InChI=1S/C19H17F3N4O2/c20-19(21,22)11-3-4-14(16(27)8-11)17-13-5-6-23-9-15(13)18(26-25-17)24-12-2-1-7-28-10-12/h3-6,8-9,12,27H,1-2,7,10H2,(H,24,26). The molecule has 3 aromatic rings. The Morgan fingerprint density at radius 3 is 2.71 bits per heavy atom. The minimum atomic E-state index is -4.54. The summed E-state index contributed by atoms with van der Waals surface area (Å²) in [7, 11) is 0. The minimum Gasteiger partial charge on any atom is -0.507 e. The molecule has 146 valence electrons. The van der Waals surface area contributed by atoms with Crippen LogP contribution in [0, 0.1) is 0 Å². The third-order valence-electron chi connectivity index (χ3n) is 4.66. The second-order valence-electron chi connectivity index (χ2n) is 6.61. The maximum Gasteiger partial charge on any atom is 0.416 e. The summed E-state index contributed by atoms with van der Waals surface area (Å²) in [6.07, 6.45) is 0.510. The van der Waals surface area contributed by atoms with Crippen molar-refractivity contribution in [2.24, 2.45) is 0 Å². The fourth-order valence-corrected chi connectivity index (χ4v) is 3.26. The number of aromatic hydroxyl groups is 1.